The smallest absolute Gasteiger partial charge is 0.0432 e. The van der Waals surface area contributed by atoms with Gasteiger partial charge in [-0.1, -0.05) is 12.0 Å². The van der Waals surface area contributed by atoms with E-state index in [1.165, 1.54) is 24.1 Å². The number of nitrogens with zero attached hydrogens (tertiary/aromatic N) is 1. The molecule has 1 fully saturated rings. The van der Waals surface area contributed by atoms with Crippen molar-refractivity contribution in [2.24, 2.45) is 11.8 Å². The molecular weight excluding hydrogens is 208 g/mol. The molecule has 17 heavy (non-hydrogen) atoms. The van der Waals surface area contributed by atoms with Crippen molar-refractivity contribution >= 4 is 5.57 Å². The molecule has 1 aromatic heterocycles. The van der Waals surface area contributed by atoms with Crippen LogP contribution in [0.2, 0.25) is 0 Å². The first kappa shape index (κ1) is 10.6. The van der Waals surface area contributed by atoms with Gasteiger partial charge in [-0.15, -0.1) is 6.42 Å². The summed E-state index contributed by atoms with van der Waals surface area (Å²) in [6.07, 6.45) is 13.9. The Bertz CT molecular complexity index is 496. The lowest BCUT2D eigenvalue weighted by Gasteiger charge is -2.23. The van der Waals surface area contributed by atoms with Gasteiger partial charge in [0.2, 0.25) is 0 Å². The molecule has 2 nitrogen and oxygen atoms in total. The van der Waals surface area contributed by atoms with Crippen molar-refractivity contribution in [3.63, 3.8) is 0 Å². The largest absolute Gasteiger partial charge is 0.316 e. The van der Waals surface area contributed by atoms with E-state index in [0.717, 1.165) is 24.4 Å². The van der Waals surface area contributed by atoms with Crippen LogP contribution in [0.5, 0.6) is 0 Å². The second-order valence-electron chi connectivity index (χ2n) is 4.92. The quantitative estimate of drug-likeness (QED) is 0.739. The Balaban J connectivity index is 1.91. The SMILES string of the molecule is C#Cc1cncc(C2=CC3CNCC3CC2)c1. The van der Waals surface area contributed by atoms with Crippen LogP contribution in [0.25, 0.3) is 5.57 Å². The fourth-order valence-corrected chi connectivity index (χ4v) is 2.88. The van der Waals surface area contributed by atoms with Gasteiger partial charge in [-0.25, -0.2) is 0 Å². The summed E-state index contributed by atoms with van der Waals surface area (Å²) in [6.45, 7) is 2.30. The van der Waals surface area contributed by atoms with E-state index in [-0.39, 0.29) is 0 Å². The molecule has 2 unspecified atom stereocenters. The zero-order valence-electron chi connectivity index (χ0n) is 9.82. The molecule has 0 saturated carbocycles. The van der Waals surface area contributed by atoms with Crippen molar-refractivity contribution in [2.75, 3.05) is 13.1 Å². The van der Waals surface area contributed by atoms with Gasteiger partial charge in [0.1, 0.15) is 0 Å². The number of rotatable bonds is 1. The van der Waals surface area contributed by atoms with Crippen LogP contribution >= 0.6 is 0 Å². The maximum Gasteiger partial charge on any atom is 0.0432 e. The zero-order chi connectivity index (χ0) is 11.7. The molecule has 0 bridgehead atoms. The lowest BCUT2D eigenvalue weighted by molar-refractivity contribution is 0.448. The van der Waals surface area contributed by atoms with E-state index in [0.29, 0.717) is 5.92 Å². The normalized spacial score (nSPS) is 27.1. The van der Waals surface area contributed by atoms with Crippen molar-refractivity contribution in [3.05, 3.63) is 35.7 Å². The lowest BCUT2D eigenvalue weighted by atomic mass is 9.81. The molecule has 0 radical (unpaired) electrons. The topological polar surface area (TPSA) is 24.9 Å². The molecule has 0 spiro atoms. The molecule has 1 aliphatic carbocycles. The summed E-state index contributed by atoms with van der Waals surface area (Å²) >= 11 is 0. The zero-order valence-corrected chi connectivity index (χ0v) is 9.82. The molecule has 3 rings (SSSR count). The average molecular weight is 224 g/mol. The number of hydrogen-bond donors (Lipinski definition) is 1. The van der Waals surface area contributed by atoms with E-state index < -0.39 is 0 Å². The number of terminal acetylenes is 1. The second kappa shape index (κ2) is 4.35. The fourth-order valence-electron chi connectivity index (χ4n) is 2.88. The fraction of sp³-hybridized carbons (Fsp3) is 0.400. The van der Waals surface area contributed by atoms with E-state index in [4.69, 9.17) is 6.42 Å². The average Bonchev–Trinajstić information content (AvgIpc) is 2.86. The Morgan fingerprint density at radius 1 is 1.35 bits per heavy atom. The van der Waals surface area contributed by atoms with Crippen LogP contribution < -0.4 is 5.32 Å². The number of hydrogen-bond acceptors (Lipinski definition) is 2. The van der Waals surface area contributed by atoms with Crippen molar-refractivity contribution in [3.8, 4) is 12.3 Å². The summed E-state index contributed by atoms with van der Waals surface area (Å²) in [7, 11) is 0. The van der Waals surface area contributed by atoms with Crippen molar-refractivity contribution < 1.29 is 0 Å². The summed E-state index contributed by atoms with van der Waals surface area (Å²) in [5, 5.41) is 3.47. The monoisotopic (exact) mass is 224 g/mol. The Morgan fingerprint density at radius 2 is 2.29 bits per heavy atom. The summed E-state index contributed by atoms with van der Waals surface area (Å²) < 4.78 is 0. The molecule has 2 atom stereocenters. The molecule has 2 heteroatoms. The minimum atomic E-state index is 0.702. The minimum Gasteiger partial charge on any atom is -0.316 e. The third-order valence-electron chi connectivity index (χ3n) is 3.87. The van der Waals surface area contributed by atoms with Crippen LogP contribution in [-0.4, -0.2) is 18.1 Å². The third-order valence-corrected chi connectivity index (χ3v) is 3.87. The van der Waals surface area contributed by atoms with Gasteiger partial charge >= 0.3 is 0 Å². The van der Waals surface area contributed by atoms with Gasteiger partial charge < -0.3 is 5.32 Å². The molecule has 1 aromatic rings. The van der Waals surface area contributed by atoms with Crippen LogP contribution in [-0.2, 0) is 0 Å². The highest BCUT2D eigenvalue weighted by atomic mass is 14.9. The summed E-state index contributed by atoms with van der Waals surface area (Å²) in [5.74, 6) is 4.19. The molecule has 86 valence electrons. The van der Waals surface area contributed by atoms with Crippen LogP contribution in [0.3, 0.4) is 0 Å². The van der Waals surface area contributed by atoms with E-state index in [9.17, 15) is 0 Å². The first-order valence-corrected chi connectivity index (χ1v) is 6.20. The molecule has 0 aromatic carbocycles. The first-order chi connectivity index (χ1) is 8.36. The maximum absolute atomic E-state index is 5.41. The summed E-state index contributed by atoms with van der Waals surface area (Å²) in [6, 6.07) is 2.07. The van der Waals surface area contributed by atoms with Gasteiger partial charge in [-0.05, 0) is 48.4 Å². The summed E-state index contributed by atoms with van der Waals surface area (Å²) in [5.41, 5.74) is 3.49. The van der Waals surface area contributed by atoms with E-state index in [2.05, 4.69) is 28.4 Å². The second-order valence-corrected chi connectivity index (χ2v) is 4.92. The van der Waals surface area contributed by atoms with Crippen molar-refractivity contribution in [2.45, 2.75) is 12.8 Å². The van der Waals surface area contributed by atoms with E-state index in [1.807, 2.05) is 6.20 Å². The van der Waals surface area contributed by atoms with Gasteiger partial charge in [0, 0.05) is 24.5 Å². The molecule has 1 aliphatic heterocycles. The molecular formula is C15H16N2. The van der Waals surface area contributed by atoms with Crippen molar-refractivity contribution in [1.29, 1.82) is 0 Å². The number of fused-ring (bicyclic) bond motifs is 1. The van der Waals surface area contributed by atoms with Gasteiger partial charge in [0.15, 0.2) is 0 Å². The highest BCUT2D eigenvalue weighted by Crippen LogP contribution is 2.35. The molecule has 2 heterocycles. The highest BCUT2D eigenvalue weighted by Gasteiger charge is 2.29. The Kier molecular flexibility index (Phi) is 2.70. The molecule has 1 saturated heterocycles. The lowest BCUT2D eigenvalue weighted by Crippen LogP contribution is -2.15. The summed E-state index contributed by atoms with van der Waals surface area (Å²) in [4.78, 5) is 4.22. The van der Waals surface area contributed by atoms with Crippen LogP contribution in [0, 0.1) is 24.2 Å². The number of nitrogens with one attached hydrogen (secondary N) is 1. The maximum atomic E-state index is 5.41. The standard InChI is InChI=1S/C15H16N2/c1-2-11-5-14(9-16-7-11)12-3-4-13-8-17-10-15(13)6-12/h1,5-7,9,13,15,17H,3-4,8,10H2. The third kappa shape index (κ3) is 1.99. The van der Waals surface area contributed by atoms with Gasteiger partial charge in [0.05, 0.1) is 0 Å². The van der Waals surface area contributed by atoms with Gasteiger partial charge in [-0.2, -0.15) is 0 Å². The van der Waals surface area contributed by atoms with Crippen LogP contribution in [0.1, 0.15) is 24.0 Å². The minimum absolute atomic E-state index is 0.702. The molecule has 1 N–H and O–H groups in total. The van der Waals surface area contributed by atoms with Crippen LogP contribution in [0.15, 0.2) is 24.5 Å². The highest BCUT2D eigenvalue weighted by molar-refractivity contribution is 5.67. The van der Waals surface area contributed by atoms with Gasteiger partial charge in [-0.3, -0.25) is 4.98 Å². The first-order valence-electron chi connectivity index (χ1n) is 6.20. The number of allylic oxidation sites excluding steroid dienone is 1. The van der Waals surface area contributed by atoms with Crippen molar-refractivity contribution in [1.82, 2.24) is 10.3 Å². The van der Waals surface area contributed by atoms with E-state index >= 15 is 0 Å². The Morgan fingerprint density at radius 3 is 3.18 bits per heavy atom. The molecule has 0 amide bonds. The predicted octanol–water partition coefficient (Wildman–Crippen LogP) is 2.08. The Labute approximate surface area is 102 Å². The molecule has 2 aliphatic rings. The Hall–Kier alpha value is -1.59. The van der Waals surface area contributed by atoms with E-state index in [1.54, 1.807) is 6.20 Å². The number of aromatic nitrogens is 1. The van der Waals surface area contributed by atoms with Crippen LogP contribution in [0.4, 0.5) is 0 Å². The number of pyridine rings is 1. The predicted molar refractivity (Wildman–Crippen MR) is 69.2 cm³/mol. The van der Waals surface area contributed by atoms with Gasteiger partial charge in [0.25, 0.3) is 0 Å².